The first kappa shape index (κ1) is 20.1. The van der Waals surface area contributed by atoms with Gasteiger partial charge in [0.25, 0.3) is 5.91 Å². The van der Waals surface area contributed by atoms with Crippen molar-refractivity contribution in [1.82, 2.24) is 0 Å². The van der Waals surface area contributed by atoms with E-state index in [1.807, 2.05) is 67.6 Å². The van der Waals surface area contributed by atoms with Crippen LogP contribution in [0.3, 0.4) is 0 Å². The largest absolute Gasteiger partial charge is 0.496 e. The van der Waals surface area contributed by atoms with Gasteiger partial charge in [0.1, 0.15) is 11.3 Å². The highest BCUT2D eigenvalue weighted by Crippen LogP contribution is 2.21. The van der Waals surface area contributed by atoms with Crippen molar-refractivity contribution in [3.63, 3.8) is 0 Å². The number of esters is 1. The van der Waals surface area contributed by atoms with Gasteiger partial charge in [0.05, 0.1) is 7.11 Å². The predicted molar refractivity (Wildman–Crippen MR) is 112 cm³/mol. The molecule has 148 valence electrons. The van der Waals surface area contributed by atoms with Gasteiger partial charge in [0.15, 0.2) is 6.61 Å². The number of hydrogen-bond donors (Lipinski definition) is 1. The number of amides is 1. The van der Waals surface area contributed by atoms with Crippen molar-refractivity contribution in [2.24, 2.45) is 0 Å². The zero-order valence-electron chi connectivity index (χ0n) is 16.5. The lowest BCUT2D eigenvalue weighted by Gasteiger charge is -2.12. The van der Waals surface area contributed by atoms with Crippen molar-refractivity contribution in [3.05, 3.63) is 95.1 Å². The van der Waals surface area contributed by atoms with E-state index in [0.29, 0.717) is 23.4 Å². The van der Waals surface area contributed by atoms with Crippen LogP contribution in [0.4, 0.5) is 5.69 Å². The first-order valence-electron chi connectivity index (χ1n) is 9.30. The Kier molecular flexibility index (Phi) is 6.63. The molecular weight excluding hydrogens is 366 g/mol. The Bertz CT molecular complexity index is 999. The molecule has 3 aromatic rings. The molecular formula is C24H23NO4. The maximum Gasteiger partial charge on any atom is 0.342 e. The molecule has 0 heterocycles. The summed E-state index contributed by atoms with van der Waals surface area (Å²) in [7, 11) is 1.48. The molecule has 0 atom stereocenters. The fourth-order valence-electron chi connectivity index (χ4n) is 2.99. The molecule has 3 rings (SSSR count). The van der Waals surface area contributed by atoms with Crippen LogP contribution >= 0.6 is 0 Å². The normalized spacial score (nSPS) is 10.3. The van der Waals surface area contributed by atoms with Crippen molar-refractivity contribution < 1.29 is 19.1 Å². The SMILES string of the molecule is COc1ccc(C)cc1C(=O)OCC(=O)Nc1ccccc1Cc1ccccc1. The first-order valence-corrected chi connectivity index (χ1v) is 9.30. The molecule has 29 heavy (non-hydrogen) atoms. The van der Waals surface area contributed by atoms with Crippen molar-refractivity contribution in [2.75, 3.05) is 19.0 Å². The number of methoxy groups -OCH3 is 1. The molecule has 0 radical (unpaired) electrons. The van der Waals surface area contributed by atoms with Gasteiger partial charge < -0.3 is 14.8 Å². The zero-order chi connectivity index (χ0) is 20.6. The molecule has 1 N–H and O–H groups in total. The van der Waals surface area contributed by atoms with Gasteiger partial charge in [0, 0.05) is 5.69 Å². The molecule has 0 fully saturated rings. The summed E-state index contributed by atoms with van der Waals surface area (Å²) >= 11 is 0. The van der Waals surface area contributed by atoms with Gasteiger partial charge in [-0.25, -0.2) is 4.79 Å². The van der Waals surface area contributed by atoms with E-state index in [1.54, 1.807) is 12.1 Å². The predicted octanol–water partition coefficient (Wildman–Crippen LogP) is 4.39. The molecule has 0 bridgehead atoms. The highest BCUT2D eigenvalue weighted by Gasteiger charge is 2.16. The molecule has 1 amide bonds. The van der Waals surface area contributed by atoms with Gasteiger partial charge in [-0.15, -0.1) is 0 Å². The van der Waals surface area contributed by atoms with Gasteiger partial charge >= 0.3 is 5.97 Å². The summed E-state index contributed by atoms with van der Waals surface area (Å²) in [4.78, 5) is 24.7. The molecule has 0 aliphatic heterocycles. The summed E-state index contributed by atoms with van der Waals surface area (Å²) in [6.45, 7) is 1.49. The van der Waals surface area contributed by atoms with Gasteiger partial charge in [-0.2, -0.15) is 0 Å². The zero-order valence-corrected chi connectivity index (χ0v) is 16.5. The van der Waals surface area contributed by atoms with Crippen LogP contribution in [-0.4, -0.2) is 25.6 Å². The second kappa shape index (κ2) is 9.55. The van der Waals surface area contributed by atoms with Crippen LogP contribution in [0, 0.1) is 6.92 Å². The fourth-order valence-corrected chi connectivity index (χ4v) is 2.99. The highest BCUT2D eigenvalue weighted by atomic mass is 16.5. The van der Waals surface area contributed by atoms with Crippen molar-refractivity contribution in [3.8, 4) is 5.75 Å². The molecule has 0 spiro atoms. The standard InChI is InChI=1S/C24H23NO4/c1-17-12-13-22(28-2)20(14-17)24(27)29-16-23(26)25-21-11-7-6-10-19(21)15-18-8-4-3-5-9-18/h3-14H,15-16H2,1-2H3,(H,25,26). The Balaban J connectivity index is 1.63. The van der Waals surface area contributed by atoms with Crippen LogP contribution in [0.25, 0.3) is 0 Å². The Morgan fingerprint density at radius 1 is 0.931 bits per heavy atom. The van der Waals surface area contributed by atoms with Gasteiger partial charge in [-0.3, -0.25) is 4.79 Å². The monoisotopic (exact) mass is 389 g/mol. The minimum atomic E-state index is -0.599. The third kappa shape index (κ3) is 5.45. The van der Waals surface area contributed by atoms with E-state index in [-0.39, 0.29) is 6.61 Å². The molecule has 0 aliphatic rings. The smallest absolute Gasteiger partial charge is 0.342 e. The molecule has 5 heteroatoms. The van der Waals surface area contributed by atoms with Gasteiger partial charge in [0.2, 0.25) is 0 Å². The molecule has 0 aromatic heterocycles. The average molecular weight is 389 g/mol. The fraction of sp³-hybridized carbons (Fsp3) is 0.167. The number of benzene rings is 3. The lowest BCUT2D eigenvalue weighted by Crippen LogP contribution is -2.22. The highest BCUT2D eigenvalue weighted by molar-refractivity contribution is 5.97. The Morgan fingerprint density at radius 2 is 1.66 bits per heavy atom. The molecule has 0 saturated heterocycles. The van der Waals surface area contributed by atoms with Crippen LogP contribution in [0.1, 0.15) is 27.0 Å². The minimum Gasteiger partial charge on any atom is -0.496 e. The number of anilines is 1. The molecule has 0 aliphatic carbocycles. The van der Waals surface area contributed by atoms with Gasteiger partial charge in [-0.05, 0) is 42.7 Å². The van der Waals surface area contributed by atoms with Crippen LogP contribution in [-0.2, 0) is 16.0 Å². The minimum absolute atomic E-state index is 0.296. The molecule has 0 unspecified atom stereocenters. The summed E-state index contributed by atoms with van der Waals surface area (Å²) in [5.41, 5.74) is 4.03. The number of carbonyl (C=O) groups excluding carboxylic acids is 2. The van der Waals surface area contributed by atoms with Crippen LogP contribution in [0.2, 0.25) is 0 Å². The summed E-state index contributed by atoms with van der Waals surface area (Å²) < 4.78 is 10.4. The number of rotatable bonds is 7. The van der Waals surface area contributed by atoms with Crippen LogP contribution in [0.5, 0.6) is 5.75 Å². The number of nitrogens with one attached hydrogen (secondary N) is 1. The molecule has 3 aromatic carbocycles. The van der Waals surface area contributed by atoms with Crippen molar-refractivity contribution in [1.29, 1.82) is 0 Å². The van der Waals surface area contributed by atoms with E-state index in [9.17, 15) is 9.59 Å². The number of para-hydroxylation sites is 1. The summed E-state index contributed by atoms with van der Waals surface area (Å²) in [6.07, 6.45) is 0.692. The number of carbonyl (C=O) groups is 2. The quantitative estimate of drug-likeness (QED) is 0.609. The van der Waals surface area contributed by atoms with E-state index in [4.69, 9.17) is 9.47 Å². The third-order valence-electron chi connectivity index (χ3n) is 4.44. The Labute approximate surface area is 170 Å². The Hall–Kier alpha value is -3.60. The van der Waals surface area contributed by atoms with Crippen LogP contribution < -0.4 is 10.1 Å². The second-order valence-electron chi connectivity index (χ2n) is 6.65. The lowest BCUT2D eigenvalue weighted by molar-refractivity contribution is -0.119. The van der Waals surface area contributed by atoms with E-state index >= 15 is 0 Å². The number of aryl methyl sites for hydroxylation is 1. The number of hydrogen-bond acceptors (Lipinski definition) is 4. The summed E-state index contributed by atoms with van der Waals surface area (Å²) in [6, 6.07) is 22.8. The van der Waals surface area contributed by atoms with E-state index < -0.39 is 11.9 Å². The van der Waals surface area contributed by atoms with E-state index in [0.717, 1.165) is 16.7 Å². The molecule has 5 nitrogen and oxygen atoms in total. The van der Waals surface area contributed by atoms with Gasteiger partial charge in [-0.1, -0.05) is 60.2 Å². The summed E-state index contributed by atoms with van der Waals surface area (Å²) in [5.74, 6) is -0.585. The third-order valence-corrected chi connectivity index (χ3v) is 4.44. The maximum absolute atomic E-state index is 12.4. The Morgan fingerprint density at radius 3 is 2.41 bits per heavy atom. The first-order chi connectivity index (χ1) is 14.1. The van der Waals surface area contributed by atoms with E-state index in [1.165, 1.54) is 7.11 Å². The van der Waals surface area contributed by atoms with Crippen molar-refractivity contribution >= 4 is 17.6 Å². The molecule has 0 saturated carbocycles. The maximum atomic E-state index is 12.4. The topological polar surface area (TPSA) is 64.6 Å². The lowest BCUT2D eigenvalue weighted by atomic mass is 10.0. The second-order valence-corrected chi connectivity index (χ2v) is 6.65. The van der Waals surface area contributed by atoms with Crippen molar-refractivity contribution in [2.45, 2.75) is 13.3 Å². The van der Waals surface area contributed by atoms with E-state index in [2.05, 4.69) is 5.32 Å². The summed E-state index contributed by atoms with van der Waals surface area (Å²) in [5, 5.41) is 2.83. The average Bonchev–Trinajstić information content (AvgIpc) is 2.74. The number of ether oxygens (including phenoxy) is 2. The van der Waals surface area contributed by atoms with Crippen LogP contribution in [0.15, 0.2) is 72.8 Å².